The summed E-state index contributed by atoms with van der Waals surface area (Å²) in [6.07, 6.45) is 6.02. The fourth-order valence-corrected chi connectivity index (χ4v) is 2.93. The number of hydrogen-bond donors (Lipinski definition) is 4. The minimum atomic E-state index is -0.691. The van der Waals surface area contributed by atoms with Crippen LogP contribution in [-0.2, 0) is 4.79 Å². The van der Waals surface area contributed by atoms with Crippen molar-refractivity contribution in [1.82, 2.24) is 10.6 Å². The van der Waals surface area contributed by atoms with Crippen LogP contribution in [0.5, 0.6) is 0 Å². The summed E-state index contributed by atoms with van der Waals surface area (Å²) in [4.78, 5) is 23.0. The van der Waals surface area contributed by atoms with E-state index in [0.717, 1.165) is 31.4 Å². The summed E-state index contributed by atoms with van der Waals surface area (Å²) in [6.45, 7) is 0.455. The summed E-state index contributed by atoms with van der Waals surface area (Å²) in [5.74, 6) is 0.655. The summed E-state index contributed by atoms with van der Waals surface area (Å²) in [5, 5.41) is 15.1. The van der Waals surface area contributed by atoms with Gasteiger partial charge in [0.2, 0.25) is 5.91 Å². The number of thioether (sulfide) groups is 1. The monoisotopic (exact) mass is 303 g/mol. The van der Waals surface area contributed by atoms with Crippen LogP contribution in [0.3, 0.4) is 0 Å². The maximum Gasteiger partial charge on any atom is 0.312 e. The van der Waals surface area contributed by atoms with E-state index < -0.39 is 12.1 Å². The van der Waals surface area contributed by atoms with Crippen molar-refractivity contribution in [2.75, 3.05) is 18.6 Å². The van der Waals surface area contributed by atoms with Gasteiger partial charge in [0.05, 0.1) is 6.10 Å². The Morgan fingerprint density at radius 3 is 2.70 bits per heavy atom. The van der Waals surface area contributed by atoms with Crippen LogP contribution in [0.4, 0.5) is 4.79 Å². The highest BCUT2D eigenvalue weighted by atomic mass is 32.2. The molecular formula is C13H25N3O3S. The van der Waals surface area contributed by atoms with E-state index in [-0.39, 0.29) is 17.9 Å². The fourth-order valence-electron chi connectivity index (χ4n) is 2.46. The van der Waals surface area contributed by atoms with Crippen LogP contribution in [0, 0.1) is 5.92 Å². The third-order valence-electron chi connectivity index (χ3n) is 3.65. The number of primary amides is 1. The van der Waals surface area contributed by atoms with Gasteiger partial charge < -0.3 is 21.5 Å². The highest BCUT2D eigenvalue weighted by Crippen LogP contribution is 2.23. The van der Waals surface area contributed by atoms with Crippen molar-refractivity contribution in [1.29, 1.82) is 0 Å². The first-order chi connectivity index (χ1) is 9.54. The van der Waals surface area contributed by atoms with Crippen LogP contribution < -0.4 is 16.4 Å². The summed E-state index contributed by atoms with van der Waals surface area (Å²) in [7, 11) is 0. The van der Waals surface area contributed by atoms with E-state index in [0.29, 0.717) is 13.0 Å². The van der Waals surface area contributed by atoms with Gasteiger partial charge in [-0.3, -0.25) is 4.79 Å². The minimum Gasteiger partial charge on any atom is -0.393 e. The standard InChI is InChI=1S/C13H25N3O3S/c1-20-7-6-10(16-13(14)19)12(18)15-8-9-4-2-3-5-11(9)17/h9-11,17H,2-8H2,1H3,(H,15,18)(H3,14,16,19). The number of nitrogens with one attached hydrogen (secondary N) is 2. The maximum absolute atomic E-state index is 12.1. The van der Waals surface area contributed by atoms with Crippen molar-refractivity contribution in [3.63, 3.8) is 0 Å². The molecule has 6 nitrogen and oxygen atoms in total. The molecule has 0 radical (unpaired) electrons. The molecule has 1 saturated carbocycles. The smallest absolute Gasteiger partial charge is 0.312 e. The van der Waals surface area contributed by atoms with Crippen LogP contribution in [0.1, 0.15) is 32.1 Å². The molecule has 7 heteroatoms. The van der Waals surface area contributed by atoms with E-state index in [4.69, 9.17) is 5.73 Å². The van der Waals surface area contributed by atoms with E-state index >= 15 is 0 Å². The molecule has 1 rings (SSSR count). The van der Waals surface area contributed by atoms with E-state index in [1.165, 1.54) is 0 Å². The second-order valence-electron chi connectivity index (χ2n) is 5.20. The van der Waals surface area contributed by atoms with E-state index in [1.807, 2.05) is 6.26 Å². The zero-order valence-electron chi connectivity index (χ0n) is 11.9. The number of carbonyl (C=O) groups is 2. The molecule has 1 aliphatic rings. The Morgan fingerprint density at radius 2 is 2.10 bits per heavy atom. The minimum absolute atomic E-state index is 0.113. The summed E-state index contributed by atoms with van der Waals surface area (Å²) >= 11 is 1.61. The summed E-state index contributed by atoms with van der Waals surface area (Å²) in [6, 6.07) is -1.29. The van der Waals surface area contributed by atoms with Crippen molar-refractivity contribution >= 4 is 23.7 Å². The molecule has 1 fully saturated rings. The molecule has 0 aromatic rings. The van der Waals surface area contributed by atoms with Crippen LogP contribution in [-0.4, -0.2) is 47.7 Å². The van der Waals surface area contributed by atoms with E-state index in [9.17, 15) is 14.7 Å². The molecule has 0 aromatic carbocycles. The molecule has 1 aliphatic carbocycles. The van der Waals surface area contributed by atoms with Crippen molar-refractivity contribution in [2.24, 2.45) is 11.7 Å². The van der Waals surface area contributed by atoms with Crippen molar-refractivity contribution < 1.29 is 14.7 Å². The number of aliphatic hydroxyl groups excluding tert-OH is 1. The Balaban J connectivity index is 2.41. The Labute approximate surface area is 124 Å². The lowest BCUT2D eigenvalue weighted by Gasteiger charge is -2.28. The predicted molar refractivity (Wildman–Crippen MR) is 80.5 cm³/mol. The normalized spacial score (nSPS) is 23.9. The lowest BCUT2D eigenvalue weighted by molar-refractivity contribution is -0.123. The lowest BCUT2D eigenvalue weighted by atomic mass is 9.86. The molecule has 20 heavy (non-hydrogen) atoms. The Hall–Kier alpha value is -0.950. The number of urea groups is 1. The van der Waals surface area contributed by atoms with Crippen molar-refractivity contribution in [2.45, 2.75) is 44.2 Å². The van der Waals surface area contributed by atoms with Crippen LogP contribution in [0.15, 0.2) is 0 Å². The summed E-state index contributed by atoms with van der Waals surface area (Å²) < 4.78 is 0. The first kappa shape index (κ1) is 17.1. The zero-order chi connectivity index (χ0) is 15.0. The van der Waals surface area contributed by atoms with Crippen molar-refractivity contribution in [3.05, 3.63) is 0 Å². The molecule has 3 unspecified atom stereocenters. The molecule has 0 spiro atoms. The molecule has 0 saturated heterocycles. The van der Waals surface area contributed by atoms with Crippen molar-refractivity contribution in [3.8, 4) is 0 Å². The van der Waals surface area contributed by atoms with E-state index in [1.54, 1.807) is 11.8 Å². The predicted octanol–water partition coefficient (Wildman–Crippen LogP) is 0.444. The second-order valence-corrected chi connectivity index (χ2v) is 6.19. The molecule has 3 atom stereocenters. The molecule has 0 aliphatic heterocycles. The van der Waals surface area contributed by atoms with Gasteiger partial charge in [-0.15, -0.1) is 0 Å². The molecule has 0 aromatic heterocycles. The van der Waals surface area contributed by atoms with Gasteiger partial charge >= 0.3 is 6.03 Å². The first-order valence-electron chi connectivity index (χ1n) is 7.05. The van der Waals surface area contributed by atoms with Gasteiger partial charge in [0, 0.05) is 12.5 Å². The molecule has 3 amide bonds. The second kappa shape index (κ2) is 9.07. The first-order valence-corrected chi connectivity index (χ1v) is 8.44. The maximum atomic E-state index is 12.1. The summed E-state index contributed by atoms with van der Waals surface area (Å²) in [5.41, 5.74) is 5.09. The van der Waals surface area contributed by atoms with Gasteiger partial charge in [0.1, 0.15) is 6.04 Å². The Morgan fingerprint density at radius 1 is 1.40 bits per heavy atom. The SMILES string of the molecule is CSCCC(NC(N)=O)C(=O)NCC1CCCCC1O. The van der Waals surface area contributed by atoms with E-state index in [2.05, 4.69) is 10.6 Å². The number of hydrogen-bond acceptors (Lipinski definition) is 4. The van der Waals surface area contributed by atoms with Crippen LogP contribution >= 0.6 is 11.8 Å². The average molecular weight is 303 g/mol. The van der Waals surface area contributed by atoms with Gasteiger partial charge in [0.25, 0.3) is 0 Å². The van der Waals surface area contributed by atoms with Crippen LogP contribution in [0.25, 0.3) is 0 Å². The van der Waals surface area contributed by atoms with Gasteiger partial charge in [-0.2, -0.15) is 11.8 Å². The van der Waals surface area contributed by atoms with Gasteiger partial charge in [-0.25, -0.2) is 4.79 Å². The molecular weight excluding hydrogens is 278 g/mol. The number of carbonyl (C=O) groups excluding carboxylic acids is 2. The highest BCUT2D eigenvalue weighted by Gasteiger charge is 2.25. The number of rotatable bonds is 7. The fraction of sp³-hybridized carbons (Fsp3) is 0.846. The van der Waals surface area contributed by atoms with Gasteiger partial charge in [-0.1, -0.05) is 12.8 Å². The Kier molecular flexibility index (Phi) is 7.76. The highest BCUT2D eigenvalue weighted by molar-refractivity contribution is 7.98. The number of nitrogens with two attached hydrogens (primary N) is 1. The third-order valence-corrected chi connectivity index (χ3v) is 4.30. The molecule has 0 bridgehead atoms. The third kappa shape index (κ3) is 6.00. The zero-order valence-corrected chi connectivity index (χ0v) is 12.7. The Bertz CT molecular complexity index is 328. The molecule has 5 N–H and O–H groups in total. The van der Waals surface area contributed by atoms with Gasteiger partial charge in [0.15, 0.2) is 0 Å². The van der Waals surface area contributed by atoms with Gasteiger partial charge in [-0.05, 0) is 31.3 Å². The average Bonchev–Trinajstić information content (AvgIpc) is 2.41. The molecule has 116 valence electrons. The topological polar surface area (TPSA) is 104 Å². The number of aliphatic hydroxyl groups is 1. The quantitative estimate of drug-likeness (QED) is 0.548. The molecule has 0 heterocycles. The lowest BCUT2D eigenvalue weighted by Crippen LogP contribution is -2.50. The largest absolute Gasteiger partial charge is 0.393 e. The van der Waals surface area contributed by atoms with Crippen LogP contribution in [0.2, 0.25) is 0 Å². The number of amides is 3.